The summed E-state index contributed by atoms with van der Waals surface area (Å²) in [6.07, 6.45) is 0. The minimum absolute atomic E-state index is 0.0691. The molecule has 0 bridgehead atoms. The van der Waals surface area contributed by atoms with E-state index in [4.69, 9.17) is 58.0 Å². The minimum atomic E-state index is -1.61. The van der Waals surface area contributed by atoms with Crippen LogP contribution in [0, 0.1) is 0 Å². The zero-order valence-corrected chi connectivity index (χ0v) is 39.1. The van der Waals surface area contributed by atoms with Gasteiger partial charge in [-0.3, -0.25) is 28.8 Å². The van der Waals surface area contributed by atoms with E-state index in [2.05, 4.69) is 41.7 Å². The number of hydrogen-bond donors (Lipinski definition) is 4. The zero-order valence-electron chi connectivity index (χ0n) is 35.3. The van der Waals surface area contributed by atoms with Gasteiger partial charge in [-0.05, 0) is 130 Å². The van der Waals surface area contributed by atoms with Gasteiger partial charge in [0, 0.05) is 22.7 Å². The Bertz CT molecular complexity index is 2710. The summed E-state index contributed by atoms with van der Waals surface area (Å²) in [4.78, 5) is 78.5. The van der Waals surface area contributed by atoms with Crippen LogP contribution < -0.4 is 21.3 Å². The van der Waals surface area contributed by atoms with Crippen molar-refractivity contribution in [3.63, 3.8) is 0 Å². The molecule has 65 heavy (non-hydrogen) atoms. The normalized spacial score (nSPS) is 13.6. The lowest BCUT2D eigenvalue weighted by molar-refractivity contribution is -0.127. The van der Waals surface area contributed by atoms with Crippen molar-refractivity contribution in [2.45, 2.75) is 62.8 Å². The molecule has 0 fully saturated rings. The maximum atomic E-state index is 13.5. The standard InChI is InChI=1S/C46H41Cl5N8O6/c1-23(47)28-8-6-10-30(18-28)52-43(62)36-21-33(12-15-38(36)50)56-58-41(26(4)60)45(64)54-32-14-17-40(35(20-32)25(3)49)55-46(65)42(27(5)61)59-57-34-13-16-39(51)37(22-34)44(63)53-31-11-7-9-29(19-31)24(2)48/h6-25,41-42H,1-5H3,(H,52,62)(H,53,63)(H,54,64)(H,55,65). The van der Waals surface area contributed by atoms with Gasteiger partial charge in [-0.2, -0.15) is 20.5 Å². The van der Waals surface area contributed by atoms with Crippen molar-refractivity contribution in [2.75, 3.05) is 21.3 Å². The number of nitrogens with zero attached hydrogens (tertiary/aromatic N) is 4. The van der Waals surface area contributed by atoms with E-state index in [1.165, 1.54) is 68.4 Å². The van der Waals surface area contributed by atoms with Crippen molar-refractivity contribution >= 4 is 127 Å². The predicted octanol–water partition coefficient (Wildman–Crippen LogP) is 12.8. The third-order valence-corrected chi connectivity index (χ3v) is 10.8. The number of amides is 4. The van der Waals surface area contributed by atoms with Crippen LogP contribution in [-0.4, -0.2) is 47.3 Å². The van der Waals surface area contributed by atoms with E-state index in [9.17, 15) is 28.8 Å². The van der Waals surface area contributed by atoms with E-state index in [-0.39, 0.29) is 54.7 Å². The molecule has 5 aromatic rings. The van der Waals surface area contributed by atoms with E-state index in [0.29, 0.717) is 16.9 Å². The number of alkyl halides is 3. The smallest absolute Gasteiger partial charge is 0.258 e. The average Bonchev–Trinajstić information content (AvgIpc) is 3.25. The van der Waals surface area contributed by atoms with E-state index in [1.807, 2.05) is 12.1 Å². The van der Waals surface area contributed by atoms with Crippen molar-refractivity contribution < 1.29 is 28.8 Å². The van der Waals surface area contributed by atoms with Gasteiger partial charge in [0.15, 0.2) is 11.6 Å². The highest BCUT2D eigenvalue weighted by molar-refractivity contribution is 6.35. The lowest BCUT2D eigenvalue weighted by Gasteiger charge is -2.17. The molecule has 336 valence electrons. The fourth-order valence-corrected chi connectivity index (χ4v) is 6.86. The third-order valence-electron chi connectivity index (χ3n) is 9.45. The molecule has 5 rings (SSSR count). The van der Waals surface area contributed by atoms with E-state index in [0.717, 1.165) is 11.1 Å². The number of rotatable bonds is 17. The summed E-state index contributed by atoms with van der Waals surface area (Å²) in [5, 5.41) is 25.9. The Labute approximate surface area is 399 Å². The fourth-order valence-electron chi connectivity index (χ4n) is 6.00. The van der Waals surface area contributed by atoms with Gasteiger partial charge >= 0.3 is 0 Å². The first-order valence-corrected chi connectivity index (χ1v) is 21.8. The van der Waals surface area contributed by atoms with Crippen molar-refractivity contribution in [1.82, 2.24) is 0 Å². The molecule has 5 aromatic carbocycles. The SMILES string of the molecule is CC(=O)C(N=Nc1ccc(Cl)c(C(=O)Nc2cccc(C(C)Cl)c2)c1)C(=O)Nc1ccc(NC(=O)C(N=Nc2ccc(Cl)c(C(=O)Nc3cccc(C(C)Cl)c3)c2)C(C)=O)c(C(C)Cl)c1. The number of anilines is 4. The zero-order chi connectivity index (χ0) is 47.5. The quantitative estimate of drug-likeness (QED) is 0.0406. The number of hydrogen-bond acceptors (Lipinski definition) is 10. The molecule has 0 heterocycles. The van der Waals surface area contributed by atoms with E-state index < -0.39 is 52.7 Å². The van der Waals surface area contributed by atoms with Crippen molar-refractivity contribution in [2.24, 2.45) is 20.5 Å². The van der Waals surface area contributed by atoms with Gasteiger partial charge in [0.05, 0.1) is 48.7 Å². The van der Waals surface area contributed by atoms with Crippen molar-refractivity contribution in [1.29, 1.82) is 0 Å². The Morgan fingerprint density at radius 1 is 0.492 bits per heavy atom. The highest BCUT2D eigenvalue weighted by Gasteiger charge is 2.27. The van der Waals surface area contributed by atoms with Crippen LogP contribution in [0.2, 0.25) is 10.0 Å². The molecule has 0 aromatic heterocycles. The largest absolute Gasteiger partial charge is 0.324 e. The molecule has 0 aliphatic rings. The summed E-state index contributed by atoms with van der Waals surface area (Å²) in [7, 11) is 0. The number of nitrogens with one attached hydrogen (secondary N) is 4. The van der Waals surface area contributed by atoms with Crippen LogP contribution >= 0.6 is 58.0 Å². The second kappa shape index (κ2) is 22.7. The third kappa shape index (κ3) is 13.7. The number of azo groups is 2. The van der Waals surface area contributed by atoms with Crippen LogP contribution in [0.1, 0.15) is 88.2 Å². The first kappa shape index (κ1) is 50.0. The molecule has 19 heteroatoms. The molecule has 0 saturated heterocycles. The van der Waals surface area contributed by atoms with E-state index >= 15 is 0 Å². The Morgan fingerprint density at radius 2 is 0.923 bits per heavy atom. The molecule has 4 amide bonds. The second-order valence-electron chi connectivity index (χ2n) is 14.6. The maximum Gasteiger partial charge on any atom is 0.258 e. The van der Waals surface area contributed by atoms with Crippen LogP contribution in [0.4, 0.5) is 34.1 Å². The van der Waals surface area contributed by atoms with Gasteiger partial charge in [-0.1, -0.05) is 47.5 Å². The van der Waals surface area contributed by atoms with Crippen molar-refractivity contribution in [3.05, 3.63) is 141 Å². The van der Waals surface area contributed by atoms with Crippen LogP contribution in [0.25, 0.3) is 0 Å². The Balaban J connectivity index is 1.27. The predicted molar refractivity (Wildman–Crippen MR) is 256 cm³/mol. The number of halogens is 5. The number of Topliss-reactive ketones (excluding diaryl/α,β-unsaturated/α-hetero) is 2. The molecule has 0 aliphatic heterocycles. The molecule has 0 aliphatic carbocycles. The highest BCUT2D eigenvalue weighted by atomic mass is 35.5. The lowest BCUT2D eigenvalue weighted by Crippen LogP contribution is -2.32. The Kier molecular flexibility index (Phi) is 17.5. The van der Waals surface area contributed by atoms with Gasteiger partial charge in [0.25, 0.3) is 23.6 Å². The van der Waals surface area contributed by atoms with Crippen molar-refractivity contribution in [3.8, 4) is 0 Å². The van der Waals surface area contributed by atoms with Crippen LogP contribution in [0.5, 0.6) is 0 Å². The molecule has 5 unspecified atom stereocenters. The Morgan fingerprint density at radius 3 is 1.34 bits per heavy atom. The number of benzene rings is 5. The summed E-state index contributed by atoms with van der Waals surface area (Å²) in [6, 6.07) is 23.7. The van der Waals surface area contributed by atoms with Crippen LogP contribution in [0.15, 0.2) is 124 Å². The van der Waals surface area contributed by atoms with E-state index in [1.54, 1.807) is 57.2 Å². The van der Waals surface area contributed by atoms with Gasteiger partial charge in [0.1, 0.15) is 0 Å². The summed E-state index contributed by atoms with van der Waals surface area (Å²) in [5.41, 5.74) is 3.75. The average molecular weight is 979 g/mol. The number of ketones is 2. The lowest BCUT2D eigenvalue weighted by atomic mass is 10.1. The van der Waals surface area contributed by atoms with Crippen LogP contribution in [0.3, 0.4) is 0 Å². The van der Waals surface area contributed by atoms with Gasteiger partial charge in [0.2, 0.25) is 12.1 Å². The van der Waals surface area contributed by atoms with Gasteiger partial charge in [-0.15, -0.1) is 34.8 Å². The first-order valence-electron chi connectivity index (χ1n) is 19.7. The molecule has 4 N–H and O–H groups in total. The first-order chi connectivity index (χ1) is 30.8. The summed E-state index contributed by atoms with van der Waals surface area (Å²) in [5.74, 6) is -4.01. The molecule has 0 radical (unpaired) electrons. The minimum Gasteiger partial charge on any atom is -0.324 e. The number of carbonyl (C=O) groups is 6. The second-order valence-corrected chi connectivity index (χ2v) is 17.4. The fraction of sp³-hybridized carbons (Fsp3) is 0.217. The van der Waals surface area contributed by atoms with Gasteiger partial charge in [-0.25, -0.2) is 0 Å². The molecule has 0 saturated carbocycles. The summed E-state index contributed by atoms with van der Waals surface area (Å²) >= 11 is 31.5. The molecule has 14 nitrogen and oxygen atoms in total. The molecular formula is C46H41Cl5N8O6. The summed E-state index contributed by atoms with van der Waals surface area (Å²) in [6.45, 7) is 7.56. The highest BCUT2D eigenvalue weighted by Crippen LogP contribution is 2.32. The topological polar surface area (TPSA) is 200 Å². The Hall–Kier alpha value is -6.03. The summed E-state index contributed by atoms with van der Waals surface area (Å²) < 4.78 is 0. The maximum absolute atomic E-state index is 13.5. The van der Waals surface area contributed by atoms with Gasteiger partial charge < -0.3 is 21.3 Å². The van der Waals surface area contributed by atoms with Crippen LogP contribution in [-0.2, 0) is 19.2 Å². The molecular weight excluding hydrogens is 938 g/mol. The molecule has 0 spiro atoms. The molecule has 5 atom stereocenters. The number of carbonyl (C=O) groups excluding carboxylic acids is 6. The monoisotopic (exact) mass is 976 g/mol.